The molecule has 2 aliphatic heterocycles. The number of amides is 2. The molecule has 0 spiro atoms. The minimum absolute atomic E-state index is 0.0105. The Labute approximate surface area is 154 Å². The van der Waals surface area contributed by atoms with Gasteiger partial charge < -0.3 is 15.0 Å². The van der Waals surface area contributed by atoms with Crippen LogP contribution in [0.25, 0.3) is 0 Å². The summed E-state index contributed by atoms with van der Waals surface area (Å²) in [4.78, 5) is 30.8. The first-order valence-corrected chi connectivity index (χ1v) is 9.27. The fourth-order valence-corrected chi connectivity index (χ4v) is 3.33. The van der Waals surface area contributed by atoms with E-state index in [2.05, 4.69) is 15.1 Å². The molecular weight excluding hydrogens is 332 g/mol. The molecule has 0 aliphatic carbocycles. The van der Waals surface area contributed by atoms with Gasteiger partial charge in [0, 0.05) is 45.0 Å². The van der Waals surface area contributed by atoms with E-state index in [0.717, 1.165) is 37.4 Å². The molecule has 1 aromatic carbocycles. The highest BCUT2D eigenvalue weighted by Crippen LogP contribution is 2.10. The smallest absolute Gasteiger partial charge is 0.238 e. The van der Waals surface area contributed by atoms with Gasteiger partial charge in [-0.15, -0.1) is 0 Å². The average Bonchev–Trinajstić information content (AvgIpc) is 2.63. The van der Waals surface area contributed by atoms with E-state index < -0.39 is 0 Å². The molecule has 2 aliphatic rings. The zero-order valence-electron chi connectivity index (χ0n) is 15.4. The number of benzene rings is 1. The van der Waals surface area contributed by atoms with Crippen molar-refractivity contribution in [1.82, 2.24) is 14.7 Å². The number of anilines is 1. The van der Waals surface area contributed by atoms with Gasteiger partial charge in [0.1, 0.15) is 0 Å². The van der Waals surface area contributed by atoms with E-state index in [4.69, 9.17) is 4.74 Å². The van der Waals surface area contributed by atoms with Crippen molar-refractivity contribution >= 4 is 17.5 Å². The third-order valence-corrected chi connectivity index (χ3v) is 4.86. The molecule has 7 nitrogen and oxygen atoms in total. The monoisotopic (exact) mass is 360 g/mol. The Bertz CT molecular complexity index is 623. The molecule has 1 aromatic rings. The van der Waals surface area contributed by atoms with Crippen LogP contribution in [0.4, 0.5) is 5.69 Å². The van der Waals surface area contributed by atoms with Crippen molar-refractivity contribution in [2.75, 3.05) is 70.9 Å². The van der Waals surface area contributed by atoms with Gasteiger partial charge in [0.05, 0.1) is 26.3 Å². The number of morpholine rings is 1. The van der Waals surface area contributed by atoms with Crippen molar-refractivity contribution in [3.63, 3.8) is 0 Å². The van der Waals surface area contributed by atoms with Gasteiger partial charge in [-0.05, 0) is 24.6 Å². The highest BCUT2D eigenvalue weighted by molar-refractivity contribution is 5.92. The maximum absolute atomic E-state index is 12.4. The highest BCUT2D eigenvalue weighted by atomic mass is 16.5. The van der Waals surface area contributed by atoms with Crippen LogP contribution in [0, 0.1) is 6.92 Å². The first-order chi connectivity index (χ1) is 12.6. The van der Waals surface area contributed by atoms with E-state index in [1.54, 1.807) is 0 Å². The summed E-state index contributed by atoms with van der Waals surface area (Å²) in [5, 5.41) is 2.94. The third-order valence-electron chi connectivity index (χ3n) is 4.86. The number of piperazine rings is 1. The fraction of sp³-hybridized carbons (Fsp3) is 0.579. The Morgan fingerprint density at radius 3 is 2.38 bits per heavy atom. The lowest BCUT2D eigenvalue weighted by molar-refractivity contribution is -0.135. The van der Waals surface area contributed by atoms with Crippen LogP contribution in [-0.4, -0.2) is 92.1 Å². The van der Waals surface area contributed by atoms with E-state index in [-0.39, 0.29) is 11.8 Å². The van der Waals surface area contributed by atoms with Crippen LogP contribution in [0.15, 0.2) is 24.3 Å². The third kappa shape index (κ3) is 5.52. The van der Waals surface area contributed by atoms with E-state index in [1.165, 1.54) is 0 Å². The molecule has 0 unspecified atom stereocenters. The lowest BCUT2D eigenvalue weighted by Gasteiger charge is -2.36. The summed E-state index contributed by atoms with van der Waals surface area (Å²) in [6.07, 6.45) is 0. The summed E-state index contributed by atoms with van der Waals surface area (Å²) in [7, 11) is 0. The predicted octanol–water partition coefficient (Wildman–Crippen LogP) is 0.410. The first-order valence-electron chi connectivity index (χ1n) is 9.27. The molecule has 7 heteroatoms. The average molecular weight is 360 g/mol. The fourth-order valence-electron chi connectivity index (χ4n) is 3.33. The molecule has 2 fully saturated rings. The second-order valence-corrected chi connectivity index (χ2v) is 6.96. The Morgan fingerprint density at radius 2 is 1.69 bits per heavy atom. The second-order valence-electron chi connectivity index (χ2n) is 6.96. The molecule has 0 aromatic heterocycles. The second kappa shape index (κ2) is 9.12. The summed E-state index contributed by atoms with van der Waals surface area (Å²) in [6, 6.07) is 7.79. The van der Waals surface area contributed by atoms with Crippen molar-refractivity contribution in [2.24, 2.45) is 0 Å². The van der Waals surface area contributed by atoms with E-state index in [9.17, 15) is 9.59 Å². The molecule has 142 valence electrons. The number of ether oxygens (including phenoxy) is 1. The van der Waals surface area contributed by atoms with Crippen LogP contribution in [0.2, 0.25) is 0 Å². The molecular formula is C19H28N4O3. The molecule has 2 heterocycles. The number of nitrogens with zero attached hydrogens (tertiary/aromatic N) is 3. The van der Waals surface area contributed by atoms with E-state index in [1.807, 2.05) is 36.1 Å². The molecule has 26 heavy (non-hydrogen) atoms. The number of hydrogen-bond acceptors (Lipinski definition) is 5. The van der Waals surface area contributed by atoms with Gasteiger partial charge in [0.15, 0.2) is 0 Å². The van der Waals surface area contributed by atoms with Gasteiger partial charge in [-0.3, -0.25) is 19.4 Å². The van der Waals surface area contributed by atoms with Crippen LogP contribution >= 0.6 is 0 Å². The SMILES string of the molecule is Cc1cccc(NC(=O)CN2CCN(C(=O)CN3CCOCC3)CC2)c1. The number of nitrogens with one attached hydrogen (secondary N) is 1. The van der Waals surface area contributed by atoms with Crippen LogP contribution in [-0.2, 0) is 14.3 Å². The Balaban J connectivity index is 1.39. The lowest BCUT2D eigenvalue weighted by atomic mass is 10.2. The van der Waals surface area contributed by atoms with Gasteiger partial charge in [0.25, 0.3) is 0 Å². The minimum atomic E-state index is -0.0105. The Morgan fingerprint density at radius 1 is 1.00 bits per heavy atom. The van der Waals surface area contributed by atoms with Crippen LogP contribution < -0.4 is 5.32 Å². The van der Waals surface area contributed by atoms with Crippen LogP contribution in [0.5, 0.6) is 0 Å². The summed E-state index contributed by atoms with van der Waals surface area (Å²) >= 11 is 0. The number of hydrogen-bond donors (Lipinski definition) is 1. The predicted molar refractivity (Wildman–Crippen MR) is 100 cm³/mol. The molecule has 3 rings (SSSR count). The Kier molecular flexibility index (Phi) is 6.60. The zero-order valence-corrected chi connectivity index (χ0v) is 15.4. The normalized spacial score (nSPS) is 19.3. The topological polar surface area (TPSA) is 65.1 Å². The van der Waals surface area contributed by atoms with Gasteiger partial charge in [-0.1, -0.05) is 12.1 Å². The van der Waals surface area contributed by atoms with Gasteiger partial charge >= 0.3 is 0 Å². The molecule has 0 radical (unpaired) electrons. The minimum Gasteiger partial charge on any atom is -0.379 e. The largest absolute Gasteiger partial charge is 0.379 e. The molecule has 0 saturated carbocycles. The first kappa shape index (κ1) is 18.8. The summed E-state index contributed by atoms with van der Waals surface area (Å²) < 4.78 is 5.32. The van der Waals surface area contributed by atoms with Gasteiger partial charge in [-0.2, -0.15) is 0 Å². The number of rotatable bonds is 5. The molecule has 0 atom stereocenters. The zero-order chi connectivity index (χ0) is 18.4. The van der Waals surface area contributed by atoms with Crippen molar-refractivity contribution in [2.45, 2.75) is 6.92 Å². The van der Waals surface area contributed by atoms with Crippen molar-refractivity contribution < 1.29 is 14.3 Å². The summed E-state index contributed by atoms with van der Waals surface area (Å²) in [5.41, 5.74) is 1.95. The maximum Gasteiger partial charge on any atom is 0.238 e. The summed E-state index contributed by atoms with van der Waals surface area (Å²) in [5.74, 6) is 0.166. The van der Waals surface area contributed by atoms with Crippen LogP contribution in [0.1, 0.15) is 5.56 Å². The van der Waals surface area contributed by atoms with Crippen molar-refractivity contribution in [1.29, 1.82) is 0 Å². The summed E-state index contributed by atoms with van der Waals surface area (Å²) in [6.45, 7) is 8.72. The Hall–Kier alpha value is -1.96. The van der Waals surface area contributed by atoms with Crippen molar-refractivity contribution in [3.8, 4) is 0 Å². The van der Waals surface area contributed by atoms with Gasteiger partial charge in [0.2, 0.25) is 11.8 Å². The quantitative estimate of drug-likeness (QED) is 0.824. The highest BCUT2D eigenvalue weighted by Gasteiger charge is 2.24. The molecule has 2 amide bonds. The molecule has 1 N–H and O–H groups in total. The molecule has 2 saturated heterocycles. The number of carbonyl (C=O) groups is 2. The van der Waals surface area contributed by atoms with Gasteiger partial charge in [-0.25, -0.2) is 0 Å². The lowest BCUT2D eigenvalue weighted by Crippen LogP contribution is -2.53. The van der Waals surface area contributed by atoms with E-state index in [0.29, 0.717) is 39.4 Å². The molecule has 0 bridgehead atoms. The standard InChI is InChI=1S/C19H28N4O3/c1-16-3-2-4-17(13-16)20-18(24)14-21-5-7-23(8-6-21)19(25)15-22-9-11-26-12-10-22/h2-4,13H,5-12,14-15H2,1H3,(H,20,24). The maximum atomic E-state index is 12.4. The number of aryl methyl sites for hydroxylation is 1. The van der Waals surface area contributed by atoms with Crippen molar-refractivity contribution in [3.05, 3.63) is 29.8 Å². The van der Waals surface area contributed by atoms with E-state index >= 15 is 0 Å². The number of carbonyl (C=O) groups excluding carboxylic acids is 2. The van der Waals surface area contributed by atoms with Crippen LogP contribution in [0.3, 0.4) is 0 Å².